The number of esters is 4. The molecule has 0 aromatic rings. The highest BCUT2D eigenvalue weighted by Gasteiger charge is 2.30. The van der Waals surface area contributed by atoms with Crippen molar-refractivity contribution in [2.24, 2.45) is 11.8 Å². The average Bonchev–Trinajstić information content (AvgIpc) is 3.48. The lowest BCUT2D eigenvalue weighted by molar-refractivity contribution is -0.161. The van der Waals surface area contributed by atoms with Gasteiger partial charge in [0.25, 0.3) is 0 Å². The Balaban J connectivity index is 5.11. The minimum Gasteiger partial charge on any atom is -0.462 e. The van der Waals surface area contributed by atoms with Crippen molar-refractivity contribution in [2.45, 2.75) is 387 Å². The second-order valence-corrected chi connectivity index (χ2v) is 29.4. The van der Waals surface area contributed by atoms with Crippen molar-refractivity contribution in [2.75, 3.05) is 39.6 Å². The van der Waals surface area contributed by atoms with E-state index in [1.165, 1.54) is 180 Å². The molecule has 0 rings (SSSR count). The number of aliphatic hydroxyl groups excluding tert-OH is 1. The molecule has 0 aliphatic carbocycles. The lowest BCUT2D eigenvalue weighted by Gasteiger charge is -2.21. The van der Waals surface area contributed by atoms with Crippen LogP contribution in [0.4, 0.5) is 0 Å². The third kappa shape index (κ3) is 63.9. The van der Waals surface area contributed by atoms with Gasteiger partial charge >= 0.3 is 39.5 Å². The summed E-state index contributed by atoms with van der Waals surface area (Å²) < 4.78 is 68.1. The van der Waals surface area contributed by atoms with E-state index in [4.69, 9.17) is 37.0 Å². The normalized spacial score (nSPS) is 14.7. The zero-order valence-corrected chi connectivity index (χ0v) is 60.9. The Morgan fingerprint density at radius 3 is 0.780 bits per heavy atom. The summed E-state index contributed by atoms with van der Waals surface area (Å²) >= 11 is 0. The van der Waals surface area contributed by atoms with E-state index in [1.54, 1.807) is 0 Å². The Hall–Kier alpha value is -1.94. The van der Waals surface area contributed by atoms with Gasteiger partial charge in [-0.25, -0.2) is 9.13 Å². The summed E-state index contributed by atoms with van der Waals surface area (Å²) in [6.45, 7) is 9.44. The van der Waals surface area contributed by atoms with Crippen LogP contribution in [-0.4, -0.2) is 96.7 Å². The van der Waals surface area contributed by atoms with Crippen molar-refractivity contribution in [3.63, 3.8) is 0 Å². The molecule has 4 unspecified atom stereocenters. The highest BCUT2D eigenvalue weighted by Crippen LogP contribution is 2.45. The molecule has 0 aromatic carbocycles. The number of aliphatic hydroxyl groups is 1. The summed E-state index contributed by atoms with van der Waals surface area (Å²) in [7, 11) is -9.89. The Morgan fingerprint density at radius 2 is 0.527 bits per heavy atom. The summed E-state index contributed by atoms with van der Waals surface area (Å²) in [5, 5.41) is 10.6. The molecule has 0 amide bonds. The number of carbonyl (C=O) groups excluding carboxylic acids is 4. The molecule has 19 heteroatoms. The lowest BCUT2D eigenvalue weighted by Crippen LogP contribution is -2.30. The van der Waals surface area contributed by atoms with Gasteiger partial charge in [0, 0.05) is 25.7 Å². The molecular weight excluding hydrogens is 1200 g/mol. The number of ether oxygens (including phenoxy) is 4. The van der Waals surface area contributed by atoms with E-state index in [0.29, 0.717) is 25.7 Å². The number of phosphoric ester groups is 2. The quantitative estimate of drug-likeness (QED) is 0.0222. The SMILES string of the molecule is CCCCCCCCCCCCCCCCCCCCCCCCC(=O)O[C@H](COC(=O)CCCCCCCCCCCCC(C)CC)COP(=O)(O)OC[C@@H](O)COP(=O)(O)OC[C@@H](COC(=O)CCCCCCC)OC(=O)CCCCCCCCC(C)CC. The fourth-order valence-corrected chi connectivity index (χ4v) is 12.5. The van der Waals surface area contributed by atoms with Crippen LogP contribution in [0.3, 0.4) is 0 Å². The van der Waals surface area contributed by atoms with Crippen LogP contribution in [0.25, 0.3) is 0 Å². The summed E-state index contributed by atoms with van der Waals surface area (Å²) in [4.78, 5) is 72.3. The summed E-state index contributed by atoms with van der Waals surface area (Å²) in [5.41, 5.74) is 0. The fraction of sp³-hybridized carbons (Fsp3) is 0.944. The second kappa shape index (κ2) is 64.1. The third-order valence-corrected chi connectivity index (χ3v) is 19.3. The molecule has 17 nitrogen and oxygen atoms in total. The molecule has 0 spiro atoms. The molecule has 0 bridgehead atoms. The van der Waals surface area contributed by atoms with Crippen LogP contribution in [-0.2, 0) is 65.4 Å². The first-order chi connectivity index (χ1) is 43.9. The molecule has 0 fully saturated rings. The van der Waals surface area contributed by atoms with Crippen LogP contribution >= 0.6 is 15.6 Å². The number of rotatable bonds is 71. The van der Waals surface area contributed by atoms with E-state index in [-0.39, 0.29) is 25.7 Å². The number of carbonyl (C=O) groups is 4. The molecule has 91 heavy (non-hydrogen) atoms. The first-order valence-corrected chi connectivity index (χ1v) is 40.6. The smallest absolute Gasteiger partial charge is 0.462 e. The van der Waals surface area contributed by atoms with Gasteiger partial charge in [0.1, 0.15) is 19.3 Å². The molecule has 0 radical (unpaired) electrons. The largest absolute Gasteiger partial charge is 0.472 e. The van der Waals surface area contributed by atoms with E-state index in [0.717, 1.165) is 108 Å². The molecule has 0 aliphatic rings. The Morgan fingerprint density at radius 1 is 0.308 bits per heavy atom. The van der Waals surface area contributed by atoms with Gasteiger partial charge in [-0.1, -0.05) is 318 Å². The Labute approximate surface area is 556 Å². The van der Waals surface area contributed by atoms with Crippen molar-refractivity contribution in [1.82, 2.24) is 0 Å². The molecule has 0 aromatic heterocycles. The van der Waals surface area contributed by atoms with Gasteiger partial charge in [-0.15, -0.1) is 0 Å². The van der Waals surface area contributed by atoms with Gasteiger partial charge in [0.2, 0.25) is 0 Å². The minimum absolute atomic E-state index is 0.102. The van der Waals surface area contributed by atoms with Crippen LogP contribution in [0.1, 0.15) is 369 Å². The first-order valence-electron chi connectivity index (χ1n) is 37.6. The minimum atomic E-state index is -4.95. The number of unbranched alkanes of at least 4 members (excludes halogenated alkanes) is 39. The van der Waals surface area contributed by atoms with Gasteiger partial charge in [0.05, 0.1) is 26.4 Å². The average molecular weight is 1340 g/mol. The van der Waals surface area contributed by atoms with E-state index in [9.17, 15) is 43.2 Å². The molecule has 7 atom stereocenters. The van der Waals surface area contributed by atoms with Gasteiger partial charge in [0.15, 0.2) is 12.2 Å². The Kier molecular flexibility index (Phi) is 62.7. The molecule has 0 saturated heterocycles. The summed E-state index contributed by atoms with van der Waals surface area (Å²) in [6, 6.07) is 0. The molecule has 0 aliphatic heterocycles. The lowest BCUT2D eigenvalue weighted by atomic mass is 9.99. The van der Waals surface area contributed by atoms with Crippen molar-refractivity contribution < 1.29 is 80.2 Å². The van der Waals surface area contributed by atoms with Crippen molar-refractivity contribution >= 4 is 39.5 Å². The van der Waals surface area contributed by atoms with Crippen LogP contribution in [0.2, 0.25) is 0 Å². The van der Waals surface area contributed by atoms with Gasteiger partial charge in [-0.3, -0.25) is 37.3 Å². The predicted octanol–water partition coefficient (Wildman–Crippen LogP) is 20.8. The maximum atomic E-state index is 13.1. The molecule has 3 N–H and O–H groups in total. The first kappa shape index (κ1) is 89.1. The molecule has 0 saturated carbocycles. The summed E-state index contributed by atoms with van der Waals surface area (Å²) in [6.07, 6.45) is 50.6. The van der Waals surface area contributed by atoms with Crippen LogP contribution in [0.5, 0.6) is 0 Å². The van der Waals surface area contributed by atoms with E-state index in [2.05, 4.69) is 41.5 Å². The number of phosphoric acid groups is 2. The van der Waals surface area contributed by atoms with Crippen LogP contribution in [0, 0.1) is 11.8 Å². The zero-order valence-electron chi connectivity index (χ0n) is 59.1. The van der Waals surface area contributed by atoms with E-state index < -0.39 is 97.5 Å². The van der Waals surface area contributed by atoms with Crippen LogP contribution in [0.15, 0.2) is 0 Å². The van der Waals surface area contributed by atoms with Crippen molar-refractivity contribution in [1.29, 1.82) is 0 Å². The fourth-order valence-electron chi connectivity index (χ4n) is 10.9. The molecular formula is C72H140O17P2. The van der Waals surface area contributed by atoms with E-state index >= 15 is 0 Å². The van der Waals surface area contributed by atoms with Crippen molar-refractivity contribution in [3.05, 3.63) is 0 Å². The highest BCUT2D eigenvalue weighted by molar-refractivity contribution is 7.47. The Bertz CT molecular complexity index is 1770. The number of hydrogen-bond acceptors (Lipinski definition) is 15. The standard InChI is InChI=1S/C72H140O17P2/c1-7-11-13-15-16-17-18-19-20-21-22-23-24-25-26-27-28-29-34-37-44-50-56-71(76)88-68(61-83-70(75)55-49-43-36-33-31-30-32-35-41-46-52-64(5)9-3)63-87-91(80,81)85-59-66(73)58-84-90(78,79)86-62-67(60-82-69(74)54-48-40-14-12-8-2)89-72(77)57-51-45-39-38-42-47-53-65(6)10-4/h64-68,73H,7-63H2,1-6H3,(H,78,79)(H,80,81)/t64?,65?,66-,67+,68+/m0/s1. The van der Waals surface area contributed by atoms with E-state index in [1.807, 2.05) is 0 Å². The van der Waals surface area contributed by atoms with Gasteiger partial charge in [-0.05, 0) is 37.5 Å². The zero-order chi connectivity index (χ0) is 67.2. The maximum Gasteiger partial charge on any atom is 0.472 e. The highest BCUT2D eigenvalue weighted by atomic mass is 31.2. The molecule has 0 heterocycles. The predicted molar refractivity (Wildman–Crippen MR) is 368 cm³/mol. The van der Waals surface area contributed by atoms with Crippen LogP contribution < -0.4 is 0 Å². The monoisotopic (exact) mass is 1340 g/mol. The summed E-state index contributed by atoms with van der Waals surface area (Å²) in [5.74, 6) is -0.608. The second-order valence-electron chi connectivity index (χ2n) is 26.5. The number of hydrogen-bond donors (Lipinski definition) is 3. The van der Waals surface area contributed by atoms with Gasteiger partial charge in [-0.2, -0.15) is 0 Å². The molecule has 540 valence electrons. The van der Waals surface area contributed by atoms with Crippen molar-refractivity contribution in [3.8, 4) is 0 Å². The third-order valence-electron chi connectivity index (χ3n) is 17.4. The maximum absolute atomic E-state index is 13.1. The topological polar surface area (TPSA) is 237 Å². The van der Waals surface area contributed by atoms with Gasteiger partial charge < -0.3 is 33.8 Å².